The van der Waals surface area contributed by atoms with E-state index in [0.29, 0.717) is 18.8 Å². The van der Waals surface area contributed by atoms with E-state index in [4.69, 9.17) is 9.72 Å². The van der Waals surface area contributed by atoms with Crippen molar-refractivity contribution in [2.24, 2.45) is 0 Å². The fourth-order valence-corrected chi connectivity index (χ4v) is 4.75. The Hall–Kier alpha value is -3.23. The molecular formula is C24H25N5O2S. The van der Waals surface area contributed by atoms with Crippen LogP contribution in [0.4, 0.5) is 0 Å². The summed E-state index contributed by atoms with van der Waals surface area (Å²) in [7, 11) is 1.67. The Morgan fingerprint density at radius 3 is 2.62 bits per heavy atom. The van der Waals surface area contributed by atoms with Crippen LogP contribution in [-0.2, 0) is 6.54 Å². The summed E-state index contributed by atoms with van der Waals surface area (Å²) in [4.78, 5) is 26.5. The number of hydrogen-bond acceptors (Lipinski definition) is 6. The molecule has 0 bridgehead atoms. The van der Waals surface area contributed by atoms with Crippen LogP contribution >= 0.6 is 11.3 Å². The Morgan fingerprint density at radius 2 is 1.88 bits per heavy atom. The number of aromatic nitrogens is 3. The van der Waals surface area contributed by atoms with E-state index in [1.807, 2.05) is 65.0 Å². The highest BCUT2D eigenvalue weighted by molar-refractivity contribution is 7.13. The number of benzene rings is 1. The Bertz CT molecular complexity index is 1240. The third-order valence-corrected chi connectivity index (χ3v) is 6.71. The van der Waals surface area contributed by atoms with Crippen LogP contribution in [0.2, 0.25) is 0 Å². The second-order valence-electron chi connectivity index (χ2n) is 8.04. The summed E-state index contributed by atoms with van der Waals surface area (Å²) in [5.41, 5.74) is 4.61. The SMILES string of the molecule is COc1ccc(-c2nc(CN3CCN(C(=O)c4cn5ccc(C)cc5n4)CC3)cs2)cc1. The molecule has 3 aromatic heterocycles. The molecule has 5 rings (SSSR count). The van der Waals surface area contributed by atoms with Crippen LogP contribution < -0.4 is 4.74 Å². The molecule has 1 saturated heterocycles. The van der Waals surface area contributed by atoms with Crippen molar-refractivity contribution in [2.45, 2.75) is 13.5 Å². The number of pyridine rings is 1. The smallest absolute Gasteiger partial charge is 0.274 e. The number of carbonyl (C=O) groups is 1. The number of imidazole rings is 1. The largest absolute Gasteiger partial charge is 0.497 e. The van der Waals surface area contributed by atoms with Crippen LogP contribution in [0.3, 0.4) is 0 Å². The van der Waals surface area contributed by atoms with Gasteiger partial charge in [0.05, 0.1) is 12.8 Å². The molecule has 7 nitrogen and oxygen atoms in total. The number of piperazine rings is 1. The molecule has 1 aliphatic heterocycles. The number of aryl methyl sites for hydroxylation is 1. The lowest BCUT2D eigenvalue weighted by molar-refractivity contribution is 0.0622. The molecular weight excluding hydrogens is 422 g/mol. The zero-order valence-corrected chi connectivity index (χ0v) is 19.0. The van der Waals surface area contributed by atoms with Gasteiger partial charge in [0.25, 0.3) is 5.91 Å². The Kier molecular flexibility index (Phi) is 5.63. The molecule has 164 valence electrons. The van der Waals surface area contributed by atoms with Gasteiger partial charge in [-0.25, -0.2) is 9.97 Å². The van der Waals surface area contributed by atoms with Gasteiger partial charge in [0.1, 0.15) is 22.1 Å². The molecule has 4 heterocycles. The van der Waals surface area contributed by atoms with Crippen LogP contribution in [0.15, 0.2) is 54.2 Å². The molecule has 0 atom stereocenters. The number of thiazole rings is 1. The molecule has 0 saturated carbocycles. The molecule has 0 spiro atoms. The maximum atomic E-state index is 12.9. The predicted octanol–water partition coefficient (Wildman–Crippen LogP) is 3.73. The molecule has 0 N–H and O–H groups in total. The number of methoxy groups -OCH3 is 1. The minimum Gasteiger partial charge on any atom is -0.497 e. The number of fused-ring (bicyclic) bond motifs is 1. The van der Waals surface area contributed by atoms with E-state index in [0.717, 1.165) is 52.9 Å². The van der Waals surface area contributed by atoms with E-state index < -0.39 is 0 Å². The third kappa shape index (κ3) is 4.24. The van der Waals surface area contributed by atoms with Crippen molar-refractivity contribution in [3.05, 3.63) is 71.1 Å². The lowest BCUT2D eigenvalue weighted by Gasteiger charge is -2.34. The molecule has 0 unspecified atom stereocenters. The van der Waals surface area contributed by atoms with Gasteiger partial charge in [-0.05, 0) is 48.9 Å². The quantitative estimate of drug-likeness (QED) is 0.467. The summed E-state index contributed by atoms with van der Waals surface area (Å²) >= 11 is 1.66. The van der Waals surface area contributed by atoms with Gasteiger partial charge >= 0.3 is 0 Å². The normalized spacial score (nSPS) is 14.8. The lowest BCUT2D eigenvalue weighted by Crippen LogP contribution is -2.48. The van der Waals surface area contributed by atoms with E-state index in [2.05, 4.69) is 15.3 Å². The van der Waals surface area contributed by atoms with Crippen molar-refractivity contribution < 1.29 is 9.53 Å². The first-order valence-corrected chi connectivity index (χ1v) is 11.5. The average molecular weight is 448 g/mol. The van der Waals surface area contributed by atoms with Gasteiger partial charge < -0.3 is 14.0 Å². The van der Waals surface area contributed by atoms with E-state index in [-0.39, 0.29) is 5.91 Å². The summed E-state index contributed by atoms with van der Waals surface area (Å²) in [5.74, 6) is 0.846. The minimum absolute atomic E-state index is 0.00135. The highest BCUT2D eigenvalue weighted by atomic mass is 32.1. The number of hydrogen-bond donors (Lipinski definition) is 0. The maximum Gasteiger partial charge on any atom is 0.274 e. The molecule has 0 aliphatic carbocycles. The number of rotatable bonds is 5. The predicted molar refractivity (Wildman–Crippen MR) is 125 cm³/mol. The molecule has 1 fully saturated rings. The molecule has 32 heavy (non-hydrogen) atoms. The number of nitrogens with zero attached hydrogens (tertiary/aromatic N) is 5. The third-order valence-electron chi connectivity index (χ3n) is 5.77. The first-order valence-electron chi connectivity index (χ1n) is 10.6. The summed E-state index contributed by atoms with van der Waals surface area (Å²) < 4.78 is 7.13. The zero-order valence-electron chi connectivity index (χ0n) is 18.2. The second kappa shape index (κ2) is 8.72. The highest BCUT2D eigenvalue weighted by Crippen LogP contribution is 2.26. The summed E-state index contributed by atoms with van der Waals surface area (Å²) in [6.45, 7) is 5.86. The molecule has 0 radical (unpaired) electrons. The van der Waals surface area contributed by atoms with Crippen molar-refractivity contribution in [1.82, 2.24) is 24.2 Å². The number of carbonyl (C=O) groups excluding carboxylic acids is 1. The number of amides is 1. The Balaban J connectivity index is 1.18. The number of ether oxygens (including phenoxy) is 1. The van der Waals surface area contributed by atoms with E-state index in [1.54, 1.807) is 18.4 Å². The van der Waals surface area contributed by atoms with Crippen molar-refractivity contribution in [2.75, 3.05) is 33.3 Å². The topological polar surface area (TPSA) is 63.0 Å². The molecule has 1 amide bonds. The molecule has 8 heteroatoms. The van der Waals surface area contributed by atoms with Crippen LogP contribution in [-0.4, -0.2) is 63.4 Å². The molecule has 4 aromatic rings. The summed E-state index contributed by atoms with van der Waals surface area (Å²) in [6, 6.07) is 12.0. The van der Waals surface area contributed by atoms with Crippen LogP contribution in [0.25, 0.3) is 16.2 Å². The fourth-order valence-electron chi connectivity index (χ4n) is 3.93. The minimum atomic E-state index is 0.00135. The highest BCUT2D eigenvalue weighted by Gasteiger charge is 2.24. The summed E-state index contributed by atoms with van der Waals surface area (Å²) in [5, 5.41) is 3.13. The van der Waals surface area contributed by atoms with Crippen LogP contribution in [0, 0.1) is 6.92 Å². The van der Waals surface area contributed by atoms with E-state index >= 15 is 0 Å². The van der Waals surface area contributed by atoms with Gasteiger partial charge in [-0.3, -0.25) is 9.69 Å². The monoisotopic (exact) mass is 447 g/mol. The van der Waals surface area contributed by atoms with Gasteiger partial charge in [-0.15, -0.1) is 11.3 Å². The summed E-state index contributed by atoms with van der Waals surface area (Å²) in [6.07, 6.45) is 3.76. The zero-order chi connectivity index (χ0) is 22.1. The Morgan fingerprint density at radius 1 is 1.09 bits per heavy atom. The first kappa shape index (κ1) is 20.7. The fraction of sp³-hybridized carbons (Fsp3) is 0.292. The van der Waals surface area contributed by atoms with E-state index in [1.165, 1.54) is 0 Å². The Labute approximate surface area is 190 Å². The maximum absolute atomic E-state index is 12.9. The van der Waals surface area contributed by atoms with Crippen molar-refractivity contribution in [1.29, 1.82) is 0 Å². The molecule has 1 aromatic carbocycles. The standard InChI is InChI=1S/C24H25N5O2S/c1-17-7-8-29-15-21(26-22(29)13-17)24(30)28-11-9-27(10-12-28)14-19-16-32-23(25-19)18-3-5-20(31-2)6-4-18/h3-8,13,15-16H,9-12,14H2,1-2H3. The van der Waals surface area contributed by atoms with Gasteiger partial charge in [-0.1, -0.05) is 0 Å². The van der Waals surface area contributed by atoms with Crippen molar-refractivity contribution in [3.8, 4) is 16.3 Å². The van der Waals surface area contributed by atoms with Crippen molar-refractivity contribution >= 4 is 22.9 Å². The van der Waals surface area contributed by atoms with Crippen LogP contribution in [0.5, 0.6) is 5.75 Å². The first-order chi connectivity index (χ1) is 15.6. The average Bonchev–Trinajstić information content (AvgIpc) is 3.46. The van der Waals surface area contributed by atoms with Gasteiger partial charge in [-0.2, -0.15) is 0 Å². The van der Waals surface area contributed by atoms with Crippen molar-refractivity contribution in [3.63, 3.8) is 0 Å². The molecule has 1 aliphatic rings. The van der Waals surface area contributed by atoms with Crippen LogP contribution in [0.1, 0.15) is 21.7 Å². The van der Waals surface area contributed by atoms with Gasteiger partial charge in [0.15, 0.2) is 0 Å². The van der Waals surface area contributed by atoms with Gasteiger partial charge in [0, 0.05) is 56.1 Å². The van der Waals surface area contributed by atoms with Gasteiger partial charge in [0.2, 0.25) is 0 Å². The second-order valence-corrected chi connectivity index (χ2v) is 8.89. The lowest BCUT2D eigenvalue weighted by atomic mass is 10.2. The van der Waals surface area contributed by atoms with E-state index in [9.17, 15) is 4.79 Å².